The van der Waals surface area contributed by atoms with Gasteiger partial charge in [0.2, 0.25) is 0 Å². The first-order chi connectivity index (χ1) is 6.83. The third kappa shape index (κ3) is 1.58. The van der Waals surface area contributed by atoms with Crippen molar-refractivity contribution in [3.63, 3.8) is 0 Å². The molecule has 0 radical (unpaired) electrons. The van der Waals surface area contributed by atoms with Crippen molar-refractivity contribution >= 4 is 11.6 Å². The van der Waals surface area contributed by atoms with Crippen molar-refractivity contribution in [2.24, 2.45) is 5.29 Å². The molecule has 0 aliphatic carbocycles. The molecule has 14 heavy (non-hydrogen) atoms. The van der Waals surface area contributed by atoms with Crippen LogP contribution < -0.4 is 0 Å². The van der Waals surface area contributed by atoms with Gasteiger partial charge in [0, 0.05) is 10.6 Å². The summed E-state index contributed by atoms with van der Waals surface area (Å²) in [6.07, 6.45) is -0.429. The number of ether oxygens (including phenoxy) is 1. The zero-order chi connectivity index (χ0) is 9.97. The number of nitrogens with zero attached hydrogens (tertiary/aromatic N) is 2. The molecule has 1 aromatic rings. The number of hydrogen-bond acceptors (Lipinski definition) is 3. The van der Waals surface area contributed by atoms with Crippen molar-refractivity contribution in [2.45, 2.75) is 6.23 Å². The molecular weight excluding hydrogens is 204 g/mol. The molecule has 4 nitrogen and oxygen atoms in total. The summed E-state index contributed by atoms with van der Waals surface area (Å²) in [7, 11) is 0. The molecule has 0 saturated carbocycles. The van der Waals surface area contributed by atoms with Crippen LogP contribution in [0.2, 0.25) is 5.02 Å². The van der Waals surface area contributed by atoms with Crippen molar-refractivity contribution in [3.8, 4) is 0 Å². The average molecular weight is 213 g/mol. The van der Waals surface area contributed by atoms with Crippen LogP contribution in [0.15, 0.2) is 29.6 Å². The zero-order valence-electron chi connectivity index (χ0n) is 7.39. The van der Waals surface area contributed by atoms with E-state index in [4.69, 9.17) is 16.3 Å². The number of nitroso groups, excluding NO2 is 1. The van der Waals surface area contributed by atoms with Crippen LogP contribution in [0.4, 0.5) is 0 Å². The van der Waals surface area contributed by atoms with Crippen LogP contribution in [-0.4, -0.2) is 18.2 Å². The van der Waals surface area contributed by atoms with Gasteiger partial charge in [0.05, 0.1) is 18.4 Å². The van der Waals surface area contributed by atoms with Gasteiger partial charge in [-0.25, -0.2) is 5.01 Å². The van der Waals surface area contributed by atoms with Crippen molar-refractivity contribution in [3.05, 3.63) is 39.8 Å². The summed E-state index contributed by atoms with van der Waals surface area (Å²) in [6, 6.07) is 7.28. The fourth-order valence-corrected chi connectivity index (χ4v) is 1.70. The number of rotatable bonds is 2. The number of benzene rings is 1. The van der Waals surface area contributed by atoms with Gasteiger partial charge in [-0.1, -0.05) is 29.8 Å². The van der Waals surface area contributed by atoms with E-state index in [1.165, 1.54) is 5.01 Å². The SMILES string of the molecule is O=NN1CCOC1c1ccccc1Cl. The van der Waals surface area contributed by atoms with Gasteiger partial charge in [-0.15, -0.1) is 4.91 Å². The molecule has 0 amide bonds. The van der Waals surface area contributed by atoms with Gasteiger partial charge in [0.1, 0.15) is 0 Å². The van der Waals surface area contributed by atoms with Gasteiger partial charge in [0.25, 0.3) is 0 Å². The van der Waals surface area contributed by atoms with Crippen LogP contribution >= 0.6 is 11.6 Å². The highest BCUT2D eigenvalue weighted by atomic mass is 35.5. The molecule has 5 heteroatoms. The van der Waals surface area contributed by atoms with Gasteiger partial charge in [-0.3, -0.25) is 0 Å². The Bertz CT molecular complexity index is 345. The van der Waals surface area contributed by atoms with Crippen LogP contribution in [-0.2, 0) is 4.74 Å². The fraction of sp³-hybridized carbons (Fsp3) is 0.333. The van der Waals surface area contributed by atoms with Crippen LogP contribution in [0.3, 0.4) is 0 Å². The summed E-state index contributed by atoms with van der Waals surface area (Å²) in [5, 5.41) is 4.83. The van der Waals surface area contributed by atoms with Crippen LogP contribution in [0.1, 0.15) is 11.8 Å². The Morgan fingerprint density at radius 2 is 2.29 bits per heavy atom. The second-order valence-electron chi connectivity index (χ2n) is 2.99. The summed E-state index contributed by atoms with van der Waals surface area (Å²) < 4.78 is 5.37. The maximum Gasteiger partial charge on any atom is 0.176 e. The average Bonchev–Trinajstić information content (AvgIpc) is 2.66. The van der Waals surface area contributed by atoms with E-state index in [-0.39, 0.29) is 0 Å². The second-order valence-corrected chi connectivity index (χ2v) is 3.40. The Hall–Kier alpha value is -1.13. The minimum Gasteiger partial charge on any atom is -0.350 e. The normalized spacial score (nSPS) is 21.2. The smallest absolute Gasteiger partial charge is 0.176 e. The Morgan fingerprint density at radius 1 is 1.50 bits per heavy atom. The van der Waals surface area contributed by atoms with E-state index < -0.39 is 6.23 Å². The molecule has 1 saturated heterocycles. The van der Waals surface area contributed by atoms with Gasteiger partial charge in [-0.05, 0) is 6.07 Å². The van der Waals surface area contributed by atoms with E-state index >= 15 is 0 Å². The summed E-state index contributed by atoms with van der Waals surface area (Å²) in [4.78, 5) is 10.5. The second kappa shape index (κ2) is 3.94. The maximum atomic E-state index is 10.5. The van der Waals surface area contributed by atoms with Crippen LogP contribution in [0.5, 0.6) is 0 Å². The van der Waals surface area contributed by atoms with E-state index in [1.807, 2.05) is 18.2 Å². The Balaban J connectivity index is 2.30. The van der Waals surface area contributed by atoms with Crippen LogP contribution in [0.25, 0.3) is 0 Å². The highest BCUT2D eigenvalue weighted by Gasteiger charge is 2.28. The molecule has 1 unspecified atom stereocenters. The molecule has 1 fully saturated rings. The number of halogens is 1. The molecule has 2 rings (SSSR count). The highest BCUT2D eigenvalue weighted by molar-refractivity contribution is 6.31. The maximum absolute atomic E-state index is 10.5. The van der Waals surface area contributed by atoms with E-state index in [9.17, 15) is 4.91 Å². The molecule has 1 aliphatic heterocycles. The fourth-order valence-electron chi connectivity index (χ4n) is 1.47. The summed E-state index contributed by atoms with van der Waals surface area (Å²) in [5.74, 6) is 0. The lowest BCUT2D eigenvalue weighted by Crippen LogP contribution is -2.17. The molecule has 0 N–H and O–H groups in total. The van der Waals surface area contributed by atoms with Crippen molar-refractivity contribution in [1.82, 2.24) is 5.01 Å². The predicted molar refractivity (Wildman–Crippen MR) is 52.6 cm³/mol. The Kier molecular flexibility index (Phi) is 2.65. The van der Waals surface area contributed by atoms with Crippen molar-refractivity contribution < 1.29 is 4.74 Å². The van der Waals surface area contributed by atoms with Gasteiger partial charge >= 0.3 is 0 Å². The molecule has 1 atom stereocenters. The lowest BCUT2D eigenvalue weighted by atomic mass is 10.2. The lowest BCUT2D eigenvalue weighted by Gasteiger charge is -2.17. The molecule has 0 aromatic heterocycles. The molecule has 0 bridgehead atoms. The first-order valence-electron chi connectivity index (χ1n) is 4.29. The molecule has 1 aliphatic rings. The van der Waals surface area contributed by atoms with E-state index in [2.05, 4.69) is 5.29 Å². The van der Waals surface area contributed by atoms with E-state index in [0.717, 1.165) is 5.56 Å². The topological polar surface area (TPSA) is 41.9 Å². The van der Waals surface area contributed by atoms with Gasteiger partial charge in [0.15, 0.2) is 6.23 Å². The molecule has 1 heterocycles. The van der Waals surface area contributed by atoms with Gasteiger partial charge < -0.3 is 4.74 Å². The minimum absolute atomic E-state index is 0.429. The lowest BCUT2D eigenvalue weighted by molar-refractivity contribution is 0.0331. The summed E-state index contributed by atoms with van der Waals surface area (Å²) in [6.45, 7) is 1.01. The van der Waals surface area contributed by atoms with E-state index in [1.54, 1.807) is 6.07 Å². The minimum atomic E-state index is -0.429. The largest absolute Gasteiger partial charge is 0.350 e. The monoisotopic (exact) mass is 212 g/mol. The third-order valence-corrected chi connectivity index (χ3v) is 2.49. The molecular formula is C9H9ClN2O2. The molecule has 0 spiro atoms. The first kappa shape index (κ1) is 9.43. The highest BCUT2D eigenvalue weighted by Crippen LogP contribution is 2.31. The summed E-state index contributed by atoms with van der Waals surface area (Å²) >= 11 is 5.98. The predicted octanol–water partition coefficient (Wildman–Crippen LogP) is 2.35. The zero-order valence-corrected chi connectivity index (χ0v) is 8.15. The van der Waals surface area contributed by atoms with Gasteiger partial charge in [-0.2, -0.15) is 0 Å². The Labute approximate surface area is 86.4 Å². The van der Waals surface area contributed by atoms with Crippen LogP contribution in [0, 0.1) is 4.91 Å². The first-order valence-corrected chi connectivity index (χ1v) is 4.66. The number of hydrogen-bond donors (Lipinski definition) is 0. The molecule has 74 valence electrons. The summed E-state index contributed by atoms with van der Waals surface area (Å²) in [5.41, 5.74) is 0.784. The third-order valence-electron chi connectivity index (χ3n) is 2.14. The molecule has 1 aromatic carbocycles. The van der Waals surface area contributed by atoms with E-state index in [0.29, 0.717) is 18.2 Å². The standard InChI is InChI=1S/C9H9ClN2O2/c10-8-4-2-1-3-7(8)9-12(11-13)5-6-14-9/h1-4,9H,5-6H2. The van der Waals surface area contributed by atoms with Crippen molar-refractivity contribution in [2.75, 3.05) is 13.2 Å². The van der Waals surface area contributed by atoms with Crippen molar-refractivity contribution in [1.29, 1.82) is 0 Å². The quantitative estimate of drug-likeness (QED) is 0.707. The Morgan fingerprint density at radius 3 is 3.00 bits per heavy atom.